The predicted molar refractivity (Wildman–Crippen MR) is 78.7 cm³/mol. The number of fused-ring (bicyclic) bond motifs is 1. The Hall–Kier alpha value is -1.12. The molecule has 0 aromatic heterocycles. The van der Waals surface area contributed by atoms with E-state index < -0.39 is 0 Å². The summed E-state index contributed by atoms with van der Waals surface area (Å²) in [7, 11) is 0. The monoisotopic (exact) mass is 301 g/mol. The van der Waals surface area contributed by atoms with Gasteiger partial charge in [-0.1, -0.05) is 52.3 Å². The van der Waals surface area contributed by atoms with Crippen LogP contribution in [0.3, 0.4) is 0 Å². The van der Waals surface area contributed by atoms with Gasteiger partial charge in [0.2, 0.25) is 0 Å². The summed E-state index contributed by atoms with van der Waals surface area (Å²) >= 11 is 3.51. The molecular formula is C16H16BrN. The average Bonchev–Trinajstić information content (AvgIpc) is 2.30. The second kappa shape index (κ2) is 4.87. The van der Waals surface area contributed by atoms with Crippen molar-refractivity contribution in [3.8, 4) is 0 Å². The molecule has 2 N–H and O–H groups in total. The molecule has 1 nitrogen and oxygen atoms in total. The number of halogens is 1. The van der Waals surface area contributed by atoms with E-state index in [-0.39, 0.29) is 6.04 Å². The fourth-order valence-corrected chi connectivity index (χ4v) is 3.20. The largest absolute Gasteiger partial charge is 0.327 e. The summed E-state index contributed by atoms with van der Waals surface area (Å²) in [5.41, 5.74) is 10.6. The SMILES string of the molecule is NC(Cc1cccc(Br)c1)C1Cc2ccccc21. The Morgan fingerprint density at radius 3 is 2.78 bits per heavy atom. The zero-order valence-corrected chi connectivity index (χ0v) is 11.7. The molecule has 0 aliphatic heterocycles. The summed E-state index contributed by atoms with van der Waals surface area (Å²) in [6.07, 6.45) is 2.07. The van der Waals surface area contributed by atoms with Crippen molar-refractivity contribution < 1.29 is 0 Å². The molecule has 0 heterocycles. The summed E-state index contributed by atoms with van der Waals surface area (Å²) in [5, 5.41) is 0. The highest BCUT2D eigenvalue weighted by Crippen LogP contribution is 2.37. The smallest absolute Gasteiger partial charge is 0.0178 e. The lowest BCUT2D eigenvalue weighted by Gasteiger charge is -2.34. The summed E-state index contributed by atoms with van der Waals surface area (Å²) in [5.74, 6) is 0.528. The first-order chi connectivity index (χ1) is 8.74. The van der Waals surface area contributed by atoms with Gasteiger partial charge in [0.1, 0.15) is 0 Å². The Morgan fingerprint density at radius 1 is 1.17 bits per heavy atom. The molecule has 2 heteroatoms. The number of rotatable bonds is 3. The van der Waals surface area contributed by atoms with Gasteiger partial charge in [-0.15, -0.1) is 0 Å². The molecular weight excluding hydrogens is 286 g/mol. The lowest BCUT2D eigenvalue weighted by Crippen LogP contribution is -2.37. The first kappa shape index (κ1) is 11.9. The van der Waals surface area contributed by atoms with Crippen molar-refractivity contribution in [2.24, 2.45) is 5.73 Å². The molecule has 0 bridgehead atoms. The molecule has 2 unspecified atom stereocenters. The minimum atomic E-state index is 0.217. The molecule has 92 valence electrons. The van der Waals surface area contributed by atoms with Gasteiger partial charge in [-0.25, -0.2) is 0 Å². The van der Waals surface area contributed by atoms with Crippen LogP contribution in [0.1, 0.15) is 22.6 Å². The van der Waals surface area contributed by atoms with Gasteiger partial charge in [0.15, 0.2) is 0 Å². The van der Waals surface area contributed by atoms with E-state index in [1.807, 2.05) is 6.07 Å². The maximum atomic E-state index is 6.36. The van der Waals surface area contributed by atoms with Gasteiger partial charge in [0.05, 0.1) is 0 Å². The quantitative estimate of drug-likeness (QED) is 0.920. The molecule has 0 fully saturated rings. The van der Waals surface area contributed by atoms with Crippen LogP contribution < -0.4 is 5.73 Å². The van der Waals surface area contributed by atoms with Crippen LogP contribution in [0.4, 0.5) is 0 Å². The van der Waals surface area contributed by atoms with Crippen molar-refractivity contribution in [1.29, 1.82) is 0 Å². The average molecular weight is 302 g/mol. The van der Waals surface area contributed by atoms with Crippen LogP contribution in [0.5, 0.6) is 0 Å². The van der Waals surface area contributed by atoms with E-state index >= 15 is 0 Å². The molecule has 3 rings (SSSR count). The summed E-state index contributed by atoms with van der Waals surface area (Å²) in [4.78, 5) is 0. The molecule has 2 aromatic rings. The second-order valence-corrected chi connectivity index (χ2v) is 5.92. The zero-order chi connectivity index (χ0) is 12.5. The Kier molecular flexibility index (Phi) is 3.23. The van der Waals surface area contributed by atoms with Crippen molar-refractivity contribution in [3.63, 3.8) is 0 Å². The topological polar surface area (TPSA) is 26.0 Å². The Labute approximate surface area is 116 Å². The highest BCUT2D eigenvalue weighted by atomic mass is 79.9. The third-order valence-corrected chi connectivity index (χ3v) is 4.26. The van der Waals surface area contributed by atoms with Crippen LogP contribution in [0.2, 0.25) is 0 Å². The molecule has 1 aliphatic carbocycles. The van der Waals surface area contributed by atoms with Crippen LogP contribution in [0.25, 0.3) is 0 Å². The molecule has 18 heavy (non-hydrogen) atoms. The first-order valence-corrected chi connectivity index (χ1v) is 7.11. The normalized spacial score (nSPS) is 18.9. The van der Waals surface area contributed by atoms with Crippen LogP contribution in [0, 0.1) is 0 Å². The minimum absolute atomic E-state index is 0.217. The van der Waals surface area contributed by atoms with E-state index in [2.05, 4.69) is 58.4 Å². The van der Waals surface area contributed by atoms with Crippen molar-refractivity contribution in [2.45, 2.75) is 24.8 Å². The minimum Gasteiger partial charge on any atom is -0.327 e. The molecule has 0 spiro atoms. The van der Waals surface area contributed by atoms with E-state index in [0.717, 1.165) is 17.3 Å². The first-order valence-electron chi connectivity index (χ1n) is 6.32. The highest BCUT2D eigenvalue weighted by molar-refractivity contribution is 9.10. The second-order valence-electron chi connectivity index (χ2n) is 5.01. The van der Waals surface area contributed by atoms with E-state index in [9.17, 15) is 0 Å². The zero-order valence-electron chi connectivity index (χ0n) is 10.1. The molecule has 0 saturated heterocycles. The van der Waals surface area contributed by atoms with Gasteiger partial charge < -0.3 is 5.73 Å². The standard InChI is InChI=1S/C16H16BrN/c17-13-6-3-4-11(8-13)9-16(18)15-10-12-5-1-2-7-14(12)15/h1-8,15-16H,9-10,18H2. The Bertz CT molecular complexity index is 565. The third kappa shape index (κ3) is 2.23. The van der Waals surface area contributed by atoms with Gasteiger partial charge in [-0.2, -0.15) is 0 Å². The molecule has 0 radical (unpaired) electrons. The summed E-state index contributed by atoms with van der Waals surface area (Å²) in [6, 6.07) is 17.3. The maximum absolute atomic E-state index is 6.36. The number of nitrogens with two attached hydrogens (primary N) is 1. The van der Waals surface area contributed by atoms with Gasteiger partial charge in [-0.05, 0) is 41.7 Å². The van der Waals surface area contributed by atoms with Crippen molar-refractivity contribution in [2.75, 3.05) is 0 Å². The number of benzene rings is 2. The van der Waals surface area contributed by atoms with Crippen LogP contribution in [0.15, 0.2) is 53.0 Å². The van der Waals surface area contributed by atoms with Gasteiger partial charge in [0, 0.05) is 16.4 Å². The van der Waals surface area contributed by atoms with Crippen LogP contribution in [-0.4, -0.2) is 6.04 Å². The van der Waals surface area contributed by atoms with E-state index in [0.29, 0.717) is 5.92 Å². The Balaban J connectivity index is 1.72. The molecule has 1 aliphatic rings. The molecule has 2 atom stereocenters. The Morgan fingerprint density at radius 2 is 2.00 bits per heavy atom. The van der Waals surface area contributed by atoms with Crippen molar-refractivity contribution in [3.05, 3.63) is 69.7 Å². The highest BCUT2D eigenvalue weighted by Gasteiger charge is 2.30. The van der Waals surface area contributed by atoms with Gasteiger partial charge in [-0.3, -0.25) is 0 Å². The molecule has 0 amide bonds. The van der Waals surface area contributed by atoms with Gasteiger partial charge >= 0.3 is 0 Å². The lowest BCUT2D eigenvalue weighted by atomic mass is 9.72. The number of hydrogen-bond donors (Lipinski definition) is 1. The van der Waals surface area contributed by atoms with Crippen LogP contribution in [-0.2, 0) is 12.8 Å². The fraction of sp³-hybridized carbons (Fsp3) is 0.250. The van der Waals surface area contributed by atoms with E-state index in [4.69, 9.17) is 5.73 Å². The summed E-state index contributed by atoms with van der Waals surface area (Å²) < 4.78 is 1.13. The van der Waals surface area contributed by atoms with Gasteiger partial charge in [0.25, 0.3) is 0 Å². The molecule has 0 saturated carbocycles. The van der Waals surface area contributed by atoms with E-state index in [1.54, 1.807) is 0 Å². The number of hydrogen-bond acceptors (Lipinski definition) is 1. The molecule has 2 aromatic carbocycles. The predicted octanol–water partition coefficient (Wildman–Crippen LogP) is 3.66. The van der Waals surface area contributed by atoms with E-state index in [1.165, 1.54) is 16.7 Å². The fourth-order valence-electron chi connectivity index (χ4n) is 2.76. The maximum Gasteiger partial charge on any atom is 0.0178 e. The summed E-state index contributed by atoms with van der Waals surface area (Å²) in [6.45, 7) is 0. The van der Waals surface area contributed by atoms with Crippen LogP contribution >= 0.6 is 15.9 Å². The lowest BCUT2D eigenvalue weighted by molar-refractivity contribution is 0.480. The van der Waals surface area contributed by atoms with Crippen molar-refractivity contribution in [1.82, 2.24) is 0 Å². The van der Waals surface area contributed by atoms with Crippen molar-refractivity contribution >= 4 is 15.9 Å². The third-order valence-electron chi connectivity index (χ3n) is 3.77.